The zero-order valence-electron chi connectivity index (χ0n) is 11.4. The molecule has 0 aliphatic rings. The van der Waals surface area contributed by atoms with Crippen LogP contribution in [0.4, 0.5) is 0 Å². The quantitative estimate of drug-likeness (QED) is 0.897. The lowest BCUT2D eigenvalue weighted by atomic mass is 9.97. The van der Waals surface area contributed by atoms with Crippen molar-refractivity contribution in [1.82, 2.24) is 9.78 Å². The van der Waals surface area contributed by atoms with Gasteiger partial charge < -0.3 is 5.73 Å². The van der Waals surface area contributed by atoms with E-state index in [1.165, 1.54) is 5.56 Å². The summed E-state index contributed by atoms with van der Waals surface area (Å²) in [5.74, 6) is 0. The Kier molecular flexibility index (Phi) is 3.82. The van der Waals surface area contributed by atoms with Crippen LogP contribution >= 0.6 is 0 Å². The van der Waals surface area contributed by atoms with Crippen molar-refractivity contribution in [3.63, 3.8) is 0 Å². The molecular weight excluding hydrogens is 222 g/mol. The second kappa shape index (κ2) is 5.36. The van der Waals surface area contributed by atoms with E-state index in [0.29, 0.717) is 0 Å². The summed E-state index contributed by atoms with van der Waals surface area (Å²) >= 11 is 0. The summed E-state index contributed by atoms with van der Waals surface area (Å²) in [5, 5.41) is 4.26. The second-order valence-electron chi connectivity index (χ2n) is 4.78. The summed E-state index contributed by atoms with van der Waals surface area (Å²) in [5.41, 5.74) is 11.1. The highest BCUT2D eigenvalue weighted by Gasteiger charge is 2.14. The van der Waals surface area contributed by atoms with Crippen molar-refractivity contribution < 1.29 is 0 Å². The monoisotopic (exact) mass is 243 g/mol. The van der Waals surface area contributed by atoms with Crippen LogP contribution in [0.25, 0.3) is 0 Å². The topological polar surface area (TPSA) is 43.8 Å². The van der Waals surface area contributed by atoms with Crippen LogP contribution in [0.2, 0.25) is 0 Å². The molecule has 0 spiro atoms. The molecule has 0 aliphatic heterocycles. The minimum atomic E-state index is -0.0875. The molecule has 0 aliphatic carbocycles. The number of hydrogen-bond acceptors (Lipinski definition) is 2. The van der Waals surface area contributed by atoms with Gasteiger partial charge in [-0.1, -0.05) is 37.6 Å². The summed E-state index contributed by atoms with van der Waals surface area (Å²) in [6.45, 7) is 4.25. The van der Waals surface area contributed by atoms with E-state index in [4.69, 9.17) is 5.73 Å². The third-order valence-electron chi connectivity index (χ3n) is 3.46. The number of rotatable bonds is 4. The Balaban J connectivity index is 2.30. The van der Waals surface area contributed by atoms with E-state index in [1.54, 1.807) is 0 Å². The molecule has 2 rings (SSSR count). The van der Waals surface area contributed by atoms with Crippen molar-refractivity contribution in [2.24, 2.45) is 12.8 Å². The highest BCUT2D eigenvalue weighted by molar-refractivity contribution is 5.34. The smallest absolute Gasteiger partial charge is 0.0585 e. The average Bonchev–Trinajstić information content (AvgIpc) is 2.70. The Hall–Kier alpha value is -1.61. The summed E-state index contributed by atoms with van der Waals surface area (Å²) in [7, 11) is 1.94. The fourth-order valence-corrected chi connectivity index (χ4v) is 2.23. The fraction of sp³-hybridized carbons (Fsp3) is 0.400. The molecule has 0 saturated heterocycles. The van der Waals surface area contributed by atoms with Gasteiger partial charge in [0.15, 0.2) is 0 Å². The first-order valence-electron chi connectivity index (χ1n) is 6.46. The Morgan fingerprint density at radius 1 is 1.39 bits per heavy atom. The zero-order chi connectivity index (χ0) is 13.1. The molecule has 2 N–H and O–H groups in total. The molecule has 1 aromatic heterocycles. The predicted octanol–water partition coefficient (Wildman–Crippen LogP) is 2.73. The maximum Gasteiger partial charge on any atom is 0.0585 e. The van der Waals surface area contributed by atoms with Crippen molar-refractivity contribution in [3.8, 4) is 0 Å². The molecule has 1 atom stereocenters. The maximum absolute atomic E-state index is 6.34. The Morgan fingerprint density at radius 3 is 2.78 bits per heavy atom. The first-order valence-corrected chi connectivity index (χ1v) is 6.46. The Morgan fingerprint density at radius 2 is 2.17 bits per heavy atom. The van der Waals surface area contributed by atoms with Crippen molar-refractivity contribution in [1.29, 1.82) is 0 Å². The van der Waals surface area contributed by atoms with E-state index >= 15 is 0 Å². The molecular formula is C15H21N3. The lowest BCUT2D eigenvalue weighted by Crippen LogP contribution is -2.13. The maximum atomic E-state index is 6.34. The van der Waals surface area contributed by atoms with E-state index in [0.717, 1.165) is 29.7 Å². The van der Waals surface area contributed by atoms with Crippen molar-refractivity contribution in [2.75, 3.05) is 0 Å². The van der Waals surface area contributed by atoms with Crippen molar-refractivity contribution in [3.05, 3.63) is 52.8 Å². The van der Waals surface area contributed by atoms with Crippen LogP contribution < -0.4 is 5.73 Å². The van der Waals surface area contributed by atoms with Crippen LogP contribution in [0.15, 0.2) is 30.5 Å². The van der Waals surface area contributed by atoms with Gasteiger partial charge in [0.25, 0.3) is 0 Å². The SMILES string of the molecule is CCCc1cccc(C(N)c2cnn(C)c2C)c1. The highest BCUT2D eigenvalue weighted by atomic mass is 15.3. The van der Waals surface area contributed by atoms with Gasteiger partial charge in [0.05, 0.1) is 12.2 Å². The second-order valence-corrected chi connectivity index (χ2v) is 4.78. The molecule has 3 nitrogen and oxygen atoms in total. The Bertz CT molecular complexity index is 528. The molecule has 1 heterocycles. The van der Waals surface area contributed by atoms with Gasteiger partial charge in [0, 0.05) is 18.3 Å². The van der Waals surface area contributed by atoms with E-state index in [2.05, 4.69) is 43.2 Å². The number of aryl methyl sites for hydroxylation is 2. The Labute approximate surface area is 109 Å². The van der Waals surface area contributed by atoms with Crippen LogP contribution in [0.3, 0.4) is 0 Å². The first kappa shape index (κ1) is 12.8. The molecule has 0 amide bonds. The fourth-order valence-electron chi connectivity index (χ4n) is 2.23. The third-order valence-corrected chi connectivity index (χ3v) is 3.46. The third kappa shape index (κ3) is 2.46. The van der Waals surface area contributed by atoms with Gasteiger partial charge in [-0.3, -0.25) is 4.68 Å². The van der Waals surface area contributed by atoms with Gasteiger partial charge >= 0.3 is 0 Å². The van der Waals surface area contributed by atoms with Gasteiger partial charge in [0.1, 0.15) is 0 Å². The zero-order valence-corrected chi connectivity index (χ0v) is 11.4. The molecule has 3 heteroatoms. The normalized spacial score (nSPS) is 12.7. The number of nitrogens with two attached hydrogens (primary N) is 1. The van der Waals surface area contributed by atoms with E-state index in [-0.39, 0.29) is 6.04 Å². The first-order chi connectivity index (χ1) is 8.63. The predicted molar refractivity (Wildman–Crippen MR) is 74.4 cm³/mol. The lowest BCUT2D eigenvalue weighted by molar-refractivity contribution is 0.734. The minimum absolute atomic E-state index is 0.0875. The van der Waals surface area contributed by atoms with Crippen molar-refractivity contribution in [2.45, 2.75) is 32.7 Å². The van der Waals surface area contributed by atoms with E-state index in [9.17, 15) is 0 Å². The van der Waals surface area contributed by atoms with Crippen molar-refractivity contribution >= 4 is 0 Å². The molecule has 1 unspecified atom stereocenters. The van der Waals surface area contributed by atoms with Crippen LogP contribution in [0.1, 0.15) is 41.8 Å². The summed E-state index contributed by atoms with van der Waals surface area (Å²) in [6.07, 6.45) is 4.13. The van der Waals surface area contributed by atoms with E-state index < -0.39 is 0 Å². The number of hydrogen-bond donors (Lipinski definition) is 1. The van der Waals surface area contributed by atoms with Gasteiger partial charge in [-0.25, -0.2) is 0 Å². The van der Waals surface area contributed by atoms with Gasteiger partial charge in [-0.05, 0) is 24.5 Å². The standard InChI is InChI=1S/C15H21N3/c1-4-6-12-7-5-8-13(9-12)15(16)14-10-17-18(3)11(14)2/h5,7-10,15H,4,6,16H2,1-3H3. The van der Waals surface area contributed by atoms with Gasteiger partial charge in [-0.15, -0.1) is 0 Å². The van der Waals surface area contributed by atoms with Gasteiger partial charge in [0.2, 0.25) is 0 Å². The molecule has 0 radical (unpaired) electrons. The summed E-state index contributed by atoms with van der Waals surface area (Å²) in [6, 6.07) is 8.47. The van der Waals surface area contributed by atoms with Crippen LogP contribution in [0, 0.1) is 6.92 Å². The molecule has 1 aromatic carbocycles. The number of aromatic nitrogens is 2. The molecule has 0 fully saturated rings. The van der Waals surface area contributed by atoms with E-state index in [1.807, 2.05) is 17.9 Å². The number of benzene rings is 1. The largest absolute Gasteiger partial charge is 0.320 e. The molecule has 18 heavy (non-hydrogen) atoms. The molecule has 0 bridgehead atoms. The minimum Gasteiger partial charge on any atom is -0.320 e. The average molecular weight is 243 g/mol. The molecule has 96 valence electrons. The molecule has 0 saturated carbocycles. The molecule has 2 aromatic rings. The van der Waals surface area contributed by atoms with Crippen LogP contribution in [0.5, 0.6) is 0 Å². The summed E-state index contributed by atoms with van der Waals surface area (Å²) in [4.78, 5) is 0. The highest BCUT2D eigenvalue weighted by Crippen LogP contribution is 2.23. The lowest BCUT2D eigenvalue weighted by Gasteiger charge is -2.13. The van der Waals surface area contributed by atoms with Crippen LogP contribution in [-0.2, 0) is 13.5 Å². The van der Waals surface area contributed by atoms with Crippen LogP contribution in [-0.4, -0.2) is 9.78 Å². The summed E-state index contributed by atoms with van der Waals surface area (Å²) < 4.78 is 1.87. The van der Waals surface area contributed by atoms with Gasteiger partial charge in [-0.2, -0.15) is 5.10 Å². The number of nitrogens with zero attached hydrogens (tertiary/aromatic N) is 2.